The van der Waals surface area contributed by atoms with Crippen LogP contribution in [-0.4, -0.2) is 24.0 Å². The molecular formula is C20H16F2N4O3. The number of benzene rings is 1. The number of anilines is 2. The number of carbonyl (C=O) groups excluding carboxylic acids is 1. The summed E-state index contributed by atoms with van der Waals surface area (Å²) in [4.78, 5) is 18.5. The molecule has 2 aromatic heterocycles. The zero-order valence-electron chi connectivity index (χ0n) is 15.2. The molecule has 1 aromatic carbocycles. The number of furan rings is 1. The minimum atomic E-state index is -0.753. The van der Waals surface area contributed by atoms with Crippen molar-refractivity contribution in [3.63, 3.8) is 0 Å². The lowest BCUT2D eigenvalue weighted by Crippen LogP contribution is -2.38. The molecule has 3 aromatic rings. The Kier molecular flexibility index (Phi) is 4.99. The highest BCUT2D eigenvalue weighted by atomic mass is 19.1. The van der Waals surface area contributed by atoms with Crippen LogP contribution in [0.15, 0.2) is 45.4 Å². The fourth-order valence-corrected chi connectivity index (χ4v) is 3.32. The van der Waals surface area contributed by atoms with Crippen LogP contribution >= 0.6 is 0 Å². The number of oxazole rings is 1. The molecule has 148 valence electrons. The molecule has 3 heterocycles. The summed E-state index contributed by atoms with van der Waals surface area (Å²) in [7, 11) is 0. The van der Waals surface area contributed by atoms with Gasteiger partial charge in [-0.15, -0.1) is 0 Å². The lowest BCUT2D eigenvalue weighted by atomic mass is 9.96. The molecule has 0 unspecified atom stereocenters. The molecule has 4 rings (SSSR count). The molecule has 0 aliphatic carbocycles. The van der Waals surface area contributed by atoms with E-state index in [-0.39, 0.29) is 29.1 Å². The molecule has 9 heteroatoms. The van der Waals surface area contributed by atoms with E-state index in [1.807, 2.05) is 11.0 Å². The monoisotopic (exact) mass is 398 g/mol. The average Bonchev–Trinajstić information content (AvgIpc) is 3.37. The molecule has 1 saturated heterocycles. The molecule has 1 amide bonds. The van der Waals surface area contributed by atoms with Crippen molar-refractivity contribution in [2.75, 3.05) is 23.3 Å². The molecule has 0 saturated carbocycles. The molecule has 1 N–H and O–H groups in total. The third-order valence-electron chi connectivity index (χ3n) is 4.73. The van der Waals surface area contributed by atoms with Crippen LogP contribution < -0.4 is 10.2 Å². The number of carbonyl (C=O) groups is 1. The Labute approximate surface area is 164 Å². The van der Waals surface area contributed by atoms with E-state index in [9.17, 15) is 18.8 Å². The summed E-state index contributed by atoms with van der Waals surface area (Å²) in [5, 5.41) is 11.9. The first kappa shape index (κ1) is 18.7. The van der Waals surface area contributed by atoms with Gasteiger partial charge in [0.15, 0.2) is 5.76 Å². The van der Waals surface area contributed by atoms with Crippen molar-refractivity contribution in [1.82, 2.24) is 4.98 Å². The largest absolute Gasteiger partial charge is 0.459 e. The molecule has 1 fully saturated rings. The summed E-state index contributed by atoms with van der Waals surface area (Å²) in [5.74, 6) is -1.16. The van der Waals surface area contributed by atoms with Gasteiger partial charge in [0.05, 0.1) is 6.26 Å². The number of piperidine rings is 1. The van der Waals surface area contributed by atoms with Gasteiger partial charge in [0.2, 0.25) is 17.5 Å². The minimum absolute atomic E-state index is 0.0834. The highest BCUT2D eigenvalue weighted by molar-refractivity contribution is 5.92. The normalized spacial score (nSPS) is 14.6. The van der Waals surface area contributed by atoms with Gasteiger partial charge in [-0.1, -0.05) is 0 Å². The van der Waals surface area contributed by atoms with Crippen LogP contribution in [-0.2, 0) is 4.79 Å². The molecule has 7 nitrogen and oxygen atoms in total. The van der Waals surface area contributed by atoms with Gasteiger partial charge >= 0.3 is 0 Å². The van der Waals surface area contributed by atoms with Crippen molar-refractivity contribution in [2.24, 2.45) is 5.92 Å². The summed E-state index contributed by atoms with van der Waals surface area (Å²) in [6, 6.07) is 8.28. The fourth-order valence-electron chi connectivity index (χ4n) is 3.32. The van der Waals surface area contributed by atoms with Crippen molar-refractivity contribution in [3.05, 3.63) is 53.9 Å². The predicted octanol–water partition coefficient (Wildman–Crippen LogP) is 3.94. The third-order valence-corrected chi connectivity index (χ3v) is 4.73. The quantitative estimate of drug-likeness (QED) is 0.715. The molecule has 29 heavy (non-hydrogen) atoms. The summed E-state index contributed by atoms with van der Waals surface area (Å²) < 4.78 is 37.5. The van der Waals surface area contributed by atoms with E-state index in [4.69, 9.17) is 8.83 Å². The third kappa shape index (κ3) is 3.96. The number of nitriles is 1. The Balaban J connectivity index is 1.42. The smallest absolute Gasteiger partial charge is 0.266 e. The first-order valence-electron chi connectivity index (χ1n) is 9.00. The summed E-state index contributed by atoms with van der Waals surface area (Å²) in [6.07, 6.45) is 2.47. The summed E-state index contributed by atoms with van der Waals surface area (Å²) >= 11 is 0. The first-order valence-corrected chi connectivity index (χ1v) is 9.00. The van der Waals surface area contributed by atoms with Crippen LogP contribution in [0.3, 0.4) is 0 Å². The van der Waals surface area contributed by atoms with E-state index in [2.05, 4.69) is 10.3 Å². The van der Waals surface area contributed by atoms with Crippen LogP contribution in [0, 0.1) is 28.9 Å². The van der Waals surface area contributed by atoms with Gasteiger partial charge in [-0.05, 0) is 37.1 Å². The van der Waals surface area contributed by atoms with Gasteiger partial charge in [0.1, 0.15) is 17.7 Å². The maximum absolute atomic E-state index is 13.3. The number of nitrogens with one attached hydrogen (secondary N) is 1. The van der Waals surface area contributed by atoms with Crippen molar-refractivity contribution in [1.29, 1.82) is 5.26 Å². The van der Waals surface area contributed by atoms with Crippen LogP contribution in [0.4, 0.5) is 20.4 Å². The lowest BCUT2D eigenvalue weighted by molar-refractivity contribution is -0.120. The van der Waals surface area contributed by atoms with Crippen LogP contribution in [0.5, 0.6) is 0 Å². The van der Waals surface area contributed by atoms with E-state index < -0.39 is 11.6 Å². The number of aromatic nitrogens is 1. The average molecular weight is 398 g/mol. The molecule has 1 aliphatic rings. The SMILES string of the molecule is N#Cc1nc(-c2ccco2)oc1N1CCC(C(=O)Nc2cc(F)cc(F)c2)CC1. The number of amides is 1. The Morgan fingerprint density at radius 3 is 2.59 bits per heavy atom. The van der Waals surface area contributed by atoms with Gasteiger partial charge in [-0.2, -0.15) is 10.2 Å². The second-order valence-corrected chi connectivity index (χ2v) is 6.67. The molecule has 0 bridgehead atoms. The number of rotatable bonds is 4. The zero-order chi connectivity index (χ0) is 20.4. The van der Waals surface area contributed by atoms with Gasteiger partial charge < -0.3 is 19.1 Å². The van der Waals surface area contributed by atoms with Crippen molar-refractivity contribution < 1.29 is 22.4 Å². The molecule has 0 radical (unpaired) electrons. The summed E-state index contributed by atoms with van der Waals surface area (Å²) in [5.41, 5.74) is 0.231. The van der Waals surface area contributed by atoms with Crippen molar-refractivity contribution in [2.45, 2.75) is 12.8 Å². The van der Waals surface area contributed by atoms with Crippen LogP contribution in [0.1, 0.15) is 18.5 Å². The van der Waals surface area contributed by atoms with E-state index in [0.29, 0.717) is 37.6 Å². The van der Waals surface area contributed by atoms with Gasteiger partial charge in [-0.25, -0.2) is 8.78 Å². The Morgan fingerprint density at radius 1 is 1.24 bits per heavy atom. The molecule has 1 aliphatic heterocycles. The van der Waals surface area contributed by atoms with Gasteiger partial charge in [0.25, 0.3) is 5.89 Å². The number of nitrogens with zero attached hydrogens (tertiary/aromatic N) is 3. The second-order valence-electron chi connectivity index (χ2n) is 6.67. The maximum Gasteiger partial charge on any atom is 0.266 e. The maximum atomic E-state index is 13.3. The standard InChI is InChI=1S/C20H16F2N4O3/c21-13-8-14(22)10-15(9-13)24-18(27)12-3-5-26(6-4-12)20-16(11-23)25-19(29-20)17-2-1-7-28-17/h1-2,7-10,12H,3-6H2,(H,24,27). The molecule has 0 spiro atoms. The Hall–Kier alpha value is -3.67. The zero-order valence-corrected chi connectivity index (χ0v) is 15.2. The lowest BCUT2D eigenvalue weighted by Gasteiger charge is -2.30. The van der Waals surface area contributed by atoms with Gasteiger partial charge in [-0.3, -0.25) is 4.79 Å². The van der Waals surface area contributed by atoms with E-state index in [1.165, 1.54) is 6.26 Å². The second kappa shape index (κ2) is 7.75. The fraction of sp³-hybridized carbons (Fsp3) is 0.250. The minimum Gasteiger partial charge on any atom is -0.459 e. The highest BCUT2D eigenvalue weighted by Crippen LogP contribution is 2.31. The highest BCUT2D eigenvalue weighted by Gasteiger charge is 2.29. The first-order chi connectivity index (χ1) is 14.0. The number of halogens is 2. The number of hydrogen-bond donors (Lipinski definition) is 1. The van der Waals surface area contributed by atoms with Crippen LogP contribution in [0.25, 0.3) is 11.7 Å². The number of hydrogen-bond acceptors (Lipinski definition) is 6. The topological polar surface area (TPSA) is 95.3 Å². The van der Waals surface area contributed by atoms with Crippen molar-refractivity contribution in [3.8, 4) is 17.7 Å². The van der Waals surface area contributed by atoms with E-state index in [0.717, 1.165) is 18.2 Å². The van der Waals surface area contributed by atoms with E-state index >= 15 is 0 Å². The van der Waals surface area contributed by atoms with Crippen molar-refractivity contribution >= 4 is 17.5 Å². The molecule has 0 atom stereocenters. The molecular weight excluding hydrogens is 382 g/mol. The Morgan fingerprint density at radius 2 is 1.97 bits per heavy atom. The Bertz CT molecular complexity index is 1040. The van der Waals surface area contributed by atoms with E-state index in [1.54, 1.807) is 12.1 Å². The summed E-state index contributed by atoms with van der Waals surface area (Å²) in [6.45, 7) is 0.939. The van der Waals surface area contributed by atoms with Crippen LogP contribution in [0.2, 0.25) is 0 Å². The van der Waals surface area contributed by atoms with Gasteiger partial charge in [0, 0.05) is 30.8 Å². The predicted molar refractivity (Wildman–Crippen MR) is 98.8 cm³/mol.